The Morgan fingerprint density at radius 1 is 1.25 bits per heavy atom. The van der Waals surface area contributed by atoms with Crippen LogP contribution in [0.2, 0.25) is 10.0 Å². The molecule has 0 spiro atoms. The highest BCUT2D eigenvalue weighted by Gasteiger charge is 2.15. The summed E-state index contributed by atoms with van der Waals surface area (Å²) >= 11 is 12.1. The lowest BCUT2D eigenvalue weighted by Crippen LogP contribution is -2.14. The van der Waals surface area contributed by atoms with E-state index in [0.717, 1.165) is 0 Å². The molecule has 0 atom stereocenters. The Morgan fingerprint density at radius 2 is 2.04 bits per heavy atom. The molecule has 2 aromatic heterocycles. The van der Waals surface area contributed by atoms with Gasteiger partial charge >= 0.3 is 0 Å². The molecule has 24 heavy (non-hydrogen) atoms. The first-order valence-corrected chi connectivity index (χ1v) is 7.66. The summed E-state index contributed by atoms with van der Waals surface area (Å²) < 4.78 is 16.8. The van der Waals surface area contributed by atoms with Gasteiger partial charge in [-0.3, -0.25) is 14.2 Å². The second-order valence-corrected chi connectivity index (χ2v) is 5.87. The van der Waals surface area contributed by atoms with Gasteiger partial charge in [-0.05, 0) is 18.2 Å². The van der Waals surface area contributed by atoms with Gasteiger partial charge in [0.05, 0.1) is 6.54 Å². The first-order chi connectivity index (χ1) is 11.4. The molecule has 3 aromatic rings. The normalized spacial score (nSPS) is 10.8. The average molecular weight is 368 g/mol. The summed E-state index contributed by atoms with van der Waals surface area (Å²) in [7, 11) is 1.70. The summed E-state index contributed by atoms with van der Waals surface area (Å²) in [6.07, 6.45) is 3.13. The minimum Gasteiger partial charge on any atom is -0.302 e. The molecule has 9 heteroatoms. The van der Waals surface area contributed by atoms with Crippen LogP contribution in [0.15, 0.2) is 36.7 Å². The monoisotopic (exact) mass is 367 g/mol. The van der Waals surface area contributed by atoms with Gasteiger partial charge in [0, 0.05) is 30.0 Å². The average Bonchev–Trinajstić information content (AvgIpc) is 3.10. The van der Waals surface area contributed by atoms with E-state index in [9.17, 15) is 9.18 Å². The van der Waals surface area contributed by atoms with Crippen LogP contribution < -0.4 is 5.32 Å². The summed E-state index contributed by atoms with van der Waals surface area (Å²) in [5.74, 6) is -0.709. The predicted molar refractivity (Wildman–Crippen MR) is 88.9 cm³/mol. The lowest BCUT2D eigenvalue weighted by molar-refractivity contribution is 0.102. The highest BCUT2D eigenvalue weighted by Crippen LogP contribution is 2.24. The zero-order valence-electron chi connectivity index (χ0n) is 12.5. The number of anilines is 1. The van der Waals surface area contributed by atoms with E-state index in [1.807, 2.05) is 0 Å². The van der Waals surface area contributed by atoms with Crippen LogP contribution in [-0.4, -0.2) is 25.5 Å². The van der Waals surface area contributed by atoms with Crippen molar-refractivity contribution in [3.63, 3.8) is 0 Å². The zero-order chi connectivity index (χ0) is 17.3. The molecule has 1 N–H and O–H groups in total. The maximum absolute atomic E-state index is 13.8. The number of hydrogen-bond acceptors (Lipinski definition) is 3. The van der Waals surface area contributed by atoms with E-state index < -0.39 is 11.7 Å². The Balaban J connectivity index is 1.79. The molecular weight excluding hydrogens is 356 g/mol. The largest absolute Gasteiger partial charge is 0.302 e. The van der Waals surface area contributed by atoms with Crippen molar-refractivity contribution in [2.45, 2.75) is 6.54 Å². The molecule has 124 valence electrons. The van der Waals surface area contributed by atoms with E-state index in [4.69, 9.17) is 23.2 Å². The van der Waals surface area contributed by atoms with Gasteiger partial charge < -0.3 is 5.32 Å². The zero-order valence-corrected chi connectivity index (χ0v) is 14.0. The Labute approximate surface area is 146 Å². The summed E-state index contributed by atoms with van der Waals surface area (Å²) in [5.41, 5.74) is 0.529. The Hall–Kier alpha value is -2.38. The number of nitrogens with one attached hydrogen (secondary N) is 1. The molecular formula is C15H12Cl2FN5O. The fraction of sp³-hybridized carbons (Fsp3) is 0.133. The molecule has 6 nitrogen and oxygen atoms in total. The summed E-state index contributed by atoms with van der Waals surface area (Å²) in [5, 5.41) is 11.2. The van der Waals surface area contributed by atoms with Crippen molar-refractivity contribution in [3.8, 4) is 0 Å². The van der Waals surface area contributed by atoms with Crippen molar-refractivity contribution in [2.75, 3.05) is 5.32 Å². The van der Waals surface area contributed by atoms with Gasteiger partial charge in [0.1, 0.15) is 10.8 Å². The van der Waals surface area contributed by atoms with Gasteiger partial charge in [0.25, 0.3) is 5.91 Å². The van der Waals surface area contributed by atoms with Gasteiger partial charge in [-0.15, -0.1) is 0 Å². The fourth-order valence-corrected chi connectivity index (χ4v) is 2.54. The summed E-state index contributed by atoms with van der Waals surface area (Å²) in [6.45, 7) is 0.0880. The maximum atomic E-state index is 13.8. The molecule has 0 aliphatic heterocycles. The first kappa shape index (κ1) is 16.5. The molecule has 0 aliphatic carbocycles. The standard InChI is InChI=1S/C15H12Cl2FN5O/c1-22-6-5-13(20-22)15(24)19-14-11(17)8-23(21-14)7-9-10(16)3-2-4-12(9)18/h2-6,8H,7H2,1H3,(H,19,21,24). The highest BCUT2D eigenvalue weighted by molar-refractivity contribution is 6.33. The third-order valence-corrected chi connectivity index (χ3v) is 3.91. The van der Waals surface area contributed by atoms with Gasteiger partial charge in [-0.1, -0.05) is 29.3 Å². The predicted octanol–water partition coefficient (Wildman–Crippen LogP) is 3.36. The summed E-state index contributed by atoms with van der Waals surface area (Å²) in [6, 6.07) is 6.00. The quantitative estimate of drug-likeness (QED) is 0.768. The number of nitrogens with zero attached hydrogens (tertiary/aromatic N) is 4. The minimum absolute atomic E-state index is 0.0880. The fourth-order valence-electron chi connectivity index (χ4n) is 2.12. The van der Waals surface area contributed by atoms with Crippen LogP contribution in [0.5, 0.6) is 0 Å². The van der Waals surface area contributed by atoms with Gasteiger partial charge in [-0.2, -0.15) is 10.2 Å². The molecule has 0 saturated heterocycles. The van der Waals surface area contributed by atoms with E-state index in [1.54, 1.807) is 25.4 Å². The molecule has 1 aromatic carbocycles. The van der Waals surface area contributed by atoms with Crippen molar-refractivity contribution in [1.29, 1.82) is 0 Å². The number of halogens is 3. The second kappa shape index (κ2) is 6.62. The number of rotatable bonds is 4. The number of benzene rings is 1. The molecule has 2 heterocycles. The number of aromatic nitrogens is 4. The van der Waals surface area contributed by atoms with Crippen LogP contribution >= 0.6 is 23.2 Å². The number of hydrogen-bond donors (Lipinski definition) is 1. The number of carbonyl (C=O) groups excluding carboxylic acids is 1. The third kappa shape index (κ3) is 3.42. The van der Waals surface area contributed by atoms with Crippen molar-refractivity contribution < 1.29 is 9.18 Å². The Morgan fingerprint density at radius 3 is 2.71 bits per heavy atom. The minimum atomic E-state index is -0.438. The van der Waals surface area contributed by atoms with Crippen molar-refractivity contribution in [3.05, 3.63) is 63.8 Å². The lowest BCUT2D eigenvalue weighted by atomic mass is 10.2. The molecule has 0 unspecified atom stereocenters. The van der Waals surface area contributed by atoms with E-state index in [0.29, 0.717) is 10.6 Å². The molecule has 0 bridgehead atoms. The number of carbonyl (C=O) groups is 1. The molecule has 0 radical (unpaired) electrons. The molecule has 0 fully saturated rings. The van der Waals surface area contributed by atoms with Crippen LogP contribution in [0.4, 0.5) is 10.2 Å². The van der Waals surface area contributed by atoms with E-state index >= 15 is 0 Å². The van der Waals surface area contributed by atoms with Gasteiger partial charge in [-0.25, -0.2) is 4.39 Å². The van der Waals surface area contributed by atoms with Gasteiger partial charge in [0.15, 0.2) is 11.5 Å². The first-order valence-electron chi connectivity index (χ1n) is 6.91. The van der Waals surface area contributed by atoms with E-state index in [-0.39, 0.29) is 23.1 Å². The highest BCUT2D eigenvalue weighted by atomic mass is 35.5. The SMILES string of the molecule is Cn1ccc(C(=O)Nc2nn(Cc3c(F)cccc3Cl)cc2Cl)n1. The van der Waals surface area contributed by atoms with E-state index in [2.05, 4.69) is 15.5 Å². The summed E-state index contributed by atoms with van der Waals surface area (Å²) in [4.78, 5) is 12.1. The van der Waals surface area contributed by atoms with Crippen LogP contribution in [0.25, 0.3) is 0 Å². The van der Waals surface area contributed by atoms with Crippen molar-refractivity contribution >= 4 is 34.9 Å². The van der Waals surface area contributed by atoms with Crippen LogP contribution in [0.1, 0.15) is 16.1 Å². The van der Waals surface area contributed by atoms with E-state index in [1.165, 1.54) is 27.7 Å². The maximum Gasteiger partial charge on any atom is 0.277 e. The van der Waals surface area contributed by atoms with Gasteiger partial charge in [0.2, 0.25) is 0 Å². The molecule has 3 rings (SSSR count). The Bertz CT molecular complexity index is 885. The lowest BCUT2D eigenvalue weighted by Gasteiger charge is -2.05. The molecule has 1 amide bonds. The smallest absolute Gasteiger partial charge is 0.277 e. The number of amides is 1. The molecule has 0 aliphatic rings. The topological polar surface area (TPSA) is 64.7 Å². The number of aryl methyl sites for hydroxylation is 1. The Kier molecular flexibility index (Phi) is 4.55. The van der Waals surface area contributed by atoms with Crippen molar-refractivity contribution in [1.82, 2.24) is 19.6 Å². The van der Waals surface area contributed by atoms with Crippen molar-refractivity contribution in [2.24, 2.45) is 7.05 Å². The van der Waals surface area contributed by atoms with Crippen LogP contribution in [0.3, 0.4) is 0 Å². The third-order valence-electron chi connectivity index (χ3n) is 3.28. The second-order valence-electron chi connectivity index (χ2n) is 5.05. The van der Waals surface area contributed by atoms with Crippen LogP contribution in [0, 0.1) is 5.82 Å². The van der Waals surface area contributed by atoms with Crippen LogP contribution in [-0.2, 0) is 13.6 Å². The molecule has 0 saturated carbocycles.